The van der Waals surface area contributed by atoms with E-state index in [1.54, 1.807) is 0 Å². The van der Waals surface area contributed by atoms with Gasteiger partial charge in [-0.3, -0.25) is 0 Å². The second kappa shape index (κ2) is 16.6. The van der Waals surface area contributed by atoms with Gasteiger partial charge in [0.05, 0.1) is 0 Å². The number of hydrogen-bond acceptors (Lipinski definition) is 1. The van der Waals surface area contributed by atoms with E-state index in [-0.39, 0.29) is 39.8 Å². The van der Waals surface area contributed by atoms with Crippen LogP contribution in [0.25, 0.3) is 0 Å². The Kier molecular flexibility index (Phi) is 20.8. The minimum Gasteiger partial charge on any atom is -0.358 e. The van der Waals surface area contributed by atoms with E-state index in [0.29, 0.717) is 6.04 Å². The maximum Gasteiger partial charge on any atom is 2.00 e. The molecule has 0 aromatic carbocycles. The van der Waals surface area contributed by atoms with Gasteiger partial charge in [0.15, 0.2) is 0 Å². The van der Waals surface area contributed by atoms with Crippen molar-refractivity contribution >= 4 is 23.9 Å². The molecule has 4 heteroatoms. The van der Waals surface area contributed by atoms with Crippen molar-refractivity contribution in [3.8, 4) is 0 Å². The monoisotopic (exact) mass is 463 g/mol. The third-order valence-electron chi connectivity index (χ3n) is 5.54. The first-order valence-electron chi connectivity index (χ1n) is 9.07. The Labute approximate surface area is 174 Å². The van der Waals surface area contributed by atoms with Crippen molar-refractivity contribution in [3.05, 3.63) is 14.9 Å². The second-order valence-corrected chi connectivity index (χ2v) is 11.1. The zero-order valence-corrected chi connectivity index (χ0v) is 20.9. The maximum absolute atomic E-state index is 4.01. The summed E-state index contributed by atoms with van der Waals surface area (Å²) in [4.78, 5) is 3.14. The van der Waals surface area contributed by atoms with Crippen LogP contribution in [0.3, 0.4) is 0 Å². The van der Waals surface area contributed by atoms with E-state index in [1.165, 1.54) is 57.3 Å². The Morgan fingerprint density at radius 1 is 0.958 bits per heavy atom. The van der Waals surface area contributed by atoms with Crippen molar-refractivity contribution in [1.82, 2.24) is 4.90 Å². The molecule has 0 radical (unpaired) electrons. The van der Waals surface area contributed by atoms with E-state index >= 15 is 0 Å². The van der Waals surface area contributed by atoms with Gasteiger partial charge in [0.1, 0.15) is 0 Å². The molecule has 2 aliphatic carbocycles. The number of alkyl halides is 1. The normalized spacial score (nSPS) is 26.8. The summed E-state index contributed by atoms with van der Waals surface area (Å²) in [5.74, 6) is 0.850. The van der Waals surface area contributed by atoms with Gasteiger partial charge in [-0.15, -0.1) is 7.92 Å². The molecule has 3 unspecified atom stereocenters. The van der Waals surface area contributed by atoms with Gasteiger partial charge >= 0.3 is 17.1 Å². The molecule has 0 heterocycles. The van der Waals surface area contributed by atoms with Crippen LogP contribution in [-0.2, 0) is 17.1 Å². The van der Waals surface area contributed by atoms with Gasteiger partial charge in [-0.05, 0) is 57.8 Å². The van der Waals surface area contributed by atoms with Gasteiger partial charge in [0, 0.05) is 10.9 Å². The summed E-state index contributed by atoms with van der Waals surface area (Å²) >= 11 is 4.01. The van der Waals surface area contributed by atoms with E-state index in [0.717, 1.165) is 16.4 Å². The molecular formula is C20H43BrFeNP. The summed E-state index contributed by atoms with van der Waals surface area (Å²) in [6, 6.07) is 0.708. The van der Waals surface area contributed by atoms with Crippen LogP contribution in [0.4, 0.5) is 0 Å². The third-order valence-corrected chi connectivity index (χ3v) is 10.4. The van der Waals surface area contributed by atoms with Crippen LogP contribution in [0.5, 0.6) is 0 Å². The molecule has 0 spiro atoms. The molecule has 24 heavy (non-hydrogen) atoms. The molecule has 0 N–H and O–H groups in total. The summed E-state index contributed by atoms with van der Waals surface area (Å²) in [5, 5.41) is 0. The van der Waals surface area contributed by atoms with Crippen LogP contribution in [0.2, 0.25) is 0 Å². The quantitative estimate of drug-likeness (QED) is 0.186. The minimum absolute atomic E-state index is 0. The molecule has 2 saturated carbocycles. The molecule has 0 saturated heterocycles. The molecule has 0 aromatic heterocycles. The minimum atomic E-state index is 0. The van der Waals surface area contributed by atoms with Gasteiger partial charge in [-0.25, -0.2) is 0 Å². The first kappa shape index (κ1) is 30.1. The molecule has 0 bridgehead atoms. The molecule has 0 amide bonds. The van der Waals surface area contributed by atoms with Crippen molar-refractivity contribution < 1.29 is 17.1 Å². The van der Waals surface area contributed by atoms with E-state index in [4.69, 9.17) is 0 Å². The molecule has 2 aliphatic rings. The smallest absolute Gasteiger partial charge is 0.358 e. The fourth-order valence-corrected chi connectivity index (χ4v) is 8.31. The van der Waals surface area contributed by atoms with E-state index < -0.39 is 0 Å². The van der Waals surface area contributed by atoms with Crippen LogP contribution < -0.4 is 0 Å². The predicted octanol–water partition coefficient (Wildman–Crippen LogP) is 6.85. The number of nitrogens with zero attached hydrogens (tertiary/aromatic N) is 1. The zero-order valence-electron chi connectivity index (χ0n) is 17.3. The SMILES string of the molecule is C1CCCC1.CCP(CC)C1CCC([C@@H](C)N(C)C)C1Br.[CH3-].[CH3-].[Fe+2]. The Morgan fingerprint density at radius 2 is 1.38 bits per heavy atom. The first-order valence-corrected chi connectivity index (χ1v) is 11.8. The summed E-state index contributed by atoms with van der Waals surface area (Å²) in [6.45, 7) is 7.12. The third kappa shape index (κ3) is 9.36. The van der Waals surface area contributed by atoms with Gasteiger partial charge in [-0.2, -0.15) is 0 Å². The number of rotatable bonds is 5. The van der Waals surface area contributed by atoms with Crippen LogP contribution in [0.15, 0.2) is 0 Å². The molecule has 148 valence electrons. The second-order valence-electron chi connectivity index (χ2n) is 6.95. The van der Waals surface area contributed by atoms with Crippen LogP contribution in [0, 0.1) is 20.8 Å². The number of hydrogen-bond donors (Lipinski definition) is 0. The van der Waals surface area contributed by atoms with Crippen molar-refractivity contribution in [1.29, 1.82) is 0 Å². The van der Waals surface area contributed by atoms with Crippen molar-refractivity contribution in [3.63, 3.8) is 0 Å². The van der Waals surface area contributed by atoms with E-state index in [2.05, 4.69) is 55.7 Å². The van der Waals surface area contributed by atoms with Crippen LogP contribution in [-0.4, -0.2) is 47.8 Å². The fourth-order valence-electron chi connectivity index (χ4n) is 3.82. The topological polar surface area (TPSA) is 3.24 Å². The predicted molar refractivity (Wildman–Crippen MR) is 116 cm³/mol. The number of halogens is 1. The molecular weight excluding hydrogens is 421 g/mol. The molecule has 4 atom stereocenters. The summed E-state index contributed by atoms with van der Waals surface area (Å²) < 4.78 is 0. The van der Waals surface area contributed by atoms with Crippen molar-refractivity contribution in [2.45, 2.75) is 82.2 Å². The largest absolute Gasteiger partial charge is 2.00 e. The Bertz CT molecular complexity index is 253. The van der Waals surface area contributed by atoms with Crippen molar-refractivity contribution in [2.75, 3.05) is 26.4 Å². The first-order chi connectivity index (χ1) is 10.0. The fraction of sp³-hybridized carbons (Fsp3) is 0.900. The van der Waals surface area contributed by atoms with Gasteiger partial charge in [-0.1, -0.05) is 61.9 Å². The van der Waals surface area contributed by atoms with Crippen molar-refractivity contribution in [2.24, 2.45) is 5.92 Å². The average molecular weight is 464 g/mol. The Hall–Kier alpha value is 1.39. The van der Waals surface area contributed by atoms with Crippen LogP contribution in [0.1, 0.15) is 65.7 Å². The van der Waals surface area contributed by atoms with Gasteiger partial charge in [0.2, 0.25) is 0 Å². The molecule has 0 aliphatic heterocycles. The Balaban J connectivity index is -0.000000475. The summed E-state index contributed by atoms with van der Waals surface area (Å²) in [6.07, 6.45) is 13.2. The summed E-state index contributed by atoms with van der Waals surface area (Å²) in [7, 11) is 4.68. The zero-order chi connectivity index (χ0) is 15.8. The molecule has 2 rings (SSSR count). The average Bonchev–Trinajstić information content (AvgIpc) is 3.14. The van der Waals surface area contributed by atoms with E-state index in [1.807, 2.05) is 0 Å². The molecule has 0 aromatic rings. The Morgan fingerprint density at radius 3 is 1.71 bits per heavy atom. The summed E-state index contributed by atoms with van der Waals surface area (Å²) in [5.41, 5.74) is 0.970. The van der Waals surface area contributed by atoms with E-state index in [9.17, 15) is 0 Å². The maximum atomic E-state index is 4.01. The van der Waals surface area contributed by atoms with Gasteiger partial charge in [0.25, 0.3) is 0 Å². The molecule has 1 nitrogen and oxygen atoms in total. The standard InChI is InChI=1S/C13H27BrNP.C5H10.2CH3.Fe/c1-6-16(7-2)12-9-8-11(13(12)14)10(3)15(4)5;1-2-4-5-3-1;;;/h10-13H,6-9H2,1-5H3;1-5H2;2*1H3;/q;;2*-1;+2/t10-,11?,12?,13?;;;;/m1..../s1. The van der Waals surface area contributed by atoms with Crippen LogP contribution >= 0.6 is 23.9 Å². The molecule has 2 fully saturated rings. The van der Waals surface area contributed by atoms with Gasteiger partial charge < -0.3 is 19.8 Å².